The van der Waals surface area contributed by atoms with Gasteiger partial charge in [-0.1, -0.05) is 54.6 Å². The van der Waals surface area contributed by atoms with Crippen LogP contribution >= 0.6 is 0 Å². The first-order chi connectivity index (χ1) is 9.25. The average Bonchev–Trinajstić information content (AvgIpc) is 2.82. The Bertz CT molecular complexity index is 693. The molecule has 94 valence electrons. The lowest BCUT2D eigenvalue weighted by Gasteiger charge is -2.04. The van der Waals surface area contributed by atoms with E-state index < -0.39 is 0 Å². The summed E-state index contributed by atoms with van der Waals surface area (Å²) in [5.41, 5.74) is 7.49. The molecule has 1 nitrogen and oxygen atoms in total. The zero-order chi connectivity index (χ0) is 13.2. The van der Waals surface area contributed by atoms with E-state index in [1.807, 2.05) is 6.07 Å². The number of aromatic amines is 1. The maximum Gasteiger partial charge on any atom is 0.0491 e. The van der Waals surface area contributed by atoms with Gasteiger partial charge in [0.2, 0.25) is 0 Å². The Kier molecular flexibility index (Phi) is 2.96. The van der Waals surface area contributed by atoms with Crippen molar-refractivity contribution in [2.45, 2.75) is 13.8 Å². The van der Waals surface area contributed by atoms with Crippen LogP contribution in [0.2, 0.25) is 0 Å². The zero-order valence-corrected chi connectivity index (χ0v) is 11.3. The molecule has 0 aliphatic rings. The molecule has 0 bridgehead atoms. The minimum absolute atomic E-state index is 1.18. The van der Waals surface area contributed by atoms with E-state index in [4.69, 9.17) is 0 Å². The van der Waals surface area contributed by atoms with Gasteiger partial charge in [-0.15, -0.1) is 0 Å². The summed E-state index contributed by atoms with van der Waals surface area (Å²) in [4.78, 5) is 3.55. The average molecular weight is 247 g/mol. The Balaban J connectivity index is 2.11. The SMILES string of the molecule is Cc1ccccc1-c1[nH]c(-c2ccccc2)cc1C. The van der Waals surface area contributed by atoms with Gasteiger partial charge in [0.25, 0.3) is 0 Å². The van der Waals surface area contributed by atoms with Crippen molar-refractivity contribution < 1.29 is 0 Å². The van der Waals surface area contributed by atoms with E-state index in [9.17, 15) is 0 Å². The Morgan fingerprint density at radius 2 is 1.42 bits per heavy atom. The molecule has 0 unspecified atom stereocenters. The molecule has 0 aliphatic carbocycles. The fourth-order valence-corrected chi connectivity index (χ4v) is 2.46. The Hall–Kier alpha value is -2.28. The third-order valence-corrected chi connectivity index (χ3v) is 3.51. The van der Waals surface area contributed by atoms with Crippen LogP contribution in [-0.4, -0.2) is 4.98 Å². The quantitative estimate of drug-likeness (QED) is 0.658. The van der Waals surface area contributed by atoms with Crippen molar-refractivity contribution in [1.82, 2.24) is 4.98 Å². The number of aromatic nitrogens is 1. The highest BCUT2D eigenvalue weighted by molar-refractivity contribution is 5.73. The standard InChI is InChI=1S/C18H17N/c1-13-8-6-7-11-16(13)18-14(2)12-17(19-18)15-9-4-3-5-10-15/h3-12,19H,1-2H3. The molecule has 0 atom stereocenters. The lowest BCUT2D eigenvalue weighted by Crippen LogP contribution is -1.85. The fourth-order valence-electron chi connectivity index (χ4n) is 2.46. The van der Waals surface area contributed by atoms with Gasteiger partial charge in [-0.05, 0) is 36.6 Å². The van der Waals surface area contributed by atoms with E-state index in [0.29, 0.717) is 0 Å². The lowest BCUT2D eigenvalue weighted by molar-refractivity contribution is 1.34. The molecule has 0 radical (unpaired) electrons. The Morgan fingerprint density at radius 3 is 2.16 bits per heavy atom. The second-order valence-corrected chi connectivity index (χ2v) is 4.92. The molecule has 1 aromatic heterocycles. The molecule has 3 rings (SSSR count). The monoisotopic (exact) mass is 247 g/mol. The highest BCUT2D eigenvalue weighted by Crippen LogP contribution is 2.30. The summed E-state index contributed by atoms with van der Waals surface area (Å²) in [6, 6.07) is 21.1. The molecule has 2 aromatic carbocycles. The molecule has 19 heavy (non-hydrogen) atoms. The number of hydrogen-bond donors (Lipinski definition) is 1. The van der Waals surface area contributed by atoms with Crippen molar-refractivity contribution in [2.75, 3.05) is 0 Å². The van der Waals surface area contributed by atoms with Crippen LogP contribution in [0.1, 0.15) is 11.1 Å². The summed E-state index contributed by atoms with van der Waals surface area (Å²) in [6.07, 6.45) is 0. The van der Waals surface area contributed by atoms with Gasteiger partial charge in [0.05, 0.1) is 0 Å². The first-order valence-corrected chi connectivity index (χ1v) is 6.57. The Labute approximate surface area is 113 Å². The van der Waals surface area contributed by atoms with Gasteiger partial charge in [0, 0.05) is 17.0 Å². The molecule has 0 spiro atoms. The molecule has 0 saturated carbocycles. The molecule has 1 N–H and O–H groups in total. The van der Waals surface area contributed by atoms with Crippen molar-refractivity contribution in [3.05, 3.63) is 71.8 Å². The molecule has 0 fully saturated rings. The van der Waals surface area contributed by atoms with Crippen LogP contribution in [-0.2, 0) is 0 Å². The third kappa shape index (κ3) is 2.19. The van der Waals surface area contributed by atoms with Gasteiger partial charge in [-0.25, -0.2) is 0 Å². The summed E-state index contributed by atoms with van der Waals surface area (Å²) in [5, 5.41) is 0. The normalized spacial score (nSPS) is 10.6. The summed E-state index contributed by atoms with van der Waals surface area (Å²) < 4.78 is 0. The van der Waals surface area contributed by atoms with Crippen molar-refractivity contribution in [1.29, 1.82) is 0 Å². The maximum atomic E-state index is 3.55. The Morgan fingerprint density at radius 1 is 0.737 bits per heavy atom. The number of H-pyrrole nitrogens is 1. The van der Waals surface area contributed by atoms with Crippen molar-refractivity contribution in [3.8, 4) is 22.5 Å². The van der Waals surface area contributed by atoms with Gasteiger partial charge in [-0.2, -0.15) is 0 Å². The largest absolute Gasteiger partial charge is 0.354 e. The van der Waals surface area contributed by atoms with Crippen LogP contribution in [0.15, 0.2) is 60.7 Å². The first-order valence-electron chi connectivity index (χ1n) is 6.57. The van der Waals surface area contributed by atoms with Crippen molar-refractivity contribution in [3.63, 3.8) is 0 Å². The summed E-state index contributed by atoms with van der Waals surface area (Å²) in [7, 11) is 0. The van der Waals surface area contributed by atoms with E-state index in [-0.39, 0.29) is 0 Å². The number of benzene rings is 2. The minimum atomic E-state index is 1.18. The molecule has 1 heterocycles. The summed E-state index contributed by atoms with van der Waals surface area (Å²) in [6.45, 7) is 4.31. The summed E-state index contributed by atoms with van der Waals surface area (Å²) >= 11 is 0. The van der Waals surface area contributed by atoms with E-state index in [0.717, 1.165) is 0 Å². The minimum Gasteiger partial charge on any atom is -0.354 e. The van der Waals surface area contributed by atoms with Crippen molar-refractivity contribution >= 4 is 0 Å². The van der Waals surface area contributed by atoms with Crippen LogP contribution in [0, 0.1) is 13.8 Å². The van der Waals surface area contributed by atoms with E-state index in [2.05, 4.69) is 73.4 Å². The predicted octanol–water partition coefficient (Wildman–Crippen LogP) is 4.97. The molecule has 0 aliphatic heterocycles. The zero-order valence-electron chi connectivity index (χ0n) is 11.3. The highest BCUT2D eigenvalue weighted by Gasteiger charge is 2.09. The predicted molar refractivity (Wildman–Crippen MR) is 81.1 cm³/mol. The number of rotatable bonds is 2. The lowest BCUT2D eigenvalue weighted by atomic mass is 10.0. The van der Waals surface area contributed by atoms with Crippen LogP contribution < -0.4 is 0 Å². The molecule has 1 heteroatoms. The molecule has 0 saturated heterocycles. The second-order valence-electron chi connectivity index (χ2n) is 4.92. The van der Waals surface area contributed by atoms with Crippen LogP contribution in [0.25, 0.3) is 22.5 Å². The maximum absolute atomic E-state index is 3.55. The fraction of sp³-hybridized carbons (Fsp3) is 0.111. The number of aryl methyl sites for hydroxylation is 2. The topological polar surface area (TPSA) is 15.8 Å². The van der Waals surface area contributed by atoms with Gasteiger partial charge < -0.3 is 4.98 Å². The molecule has 3 aromatic rings. The number of hydrogen-bond acceptors (Lipinski definition) is 0. The van der Waals surface area contributed by atoms with E-state index in [1.165, 1.54) is 33.6 Å². The van der Waals surface area contributed by atoms with Crippen LogP contribution in [0.3, 0.4) is 0 Å². The molecular formula is C18H17N. The van der Waals surface area contributed by atoms with Gasteiger partial charge in [0.15, 0.2) is 0 Å². The smallest absolute Gasteiger partial charge is 0.0491 e. The summed E-state index contributed by atoms with van der Waals surface area (Å²) in [5.74, 6) is 0. The van der Waals surface area contributed by atoms with Gasteiger partial charge >= 0.3 is 0 Å². The van der Waals surface area contributed by atoms with E-state index >= 15 is 0 Å². The van der Waals surface area contributed by atoms with E-state index in [1.54, 1.807) is 0 Å². The van der Waals surface area contributed by atoms with Gasteiger partial charge in [-0.3, -0.25) is 0 Å². The highest BCUT2D eigenvalue weighted by atomic mass is 14.7. The molecule has 0 amide bonds. The second kappa shape index (κ2) is 4.77. The van der Waals surface area contributed by atoms with Crippen LogP contribution in [0.4, 0.5) is 0 Å². The van der Waals surface area contributed by atoms with Gasteiger partial charge in [0.1, 0.15) is 0 Å². The van der Waals surface area contributed by atoms with Crippen molar-refractivity contribution in [2.24, 2.45) is 0 Å². The molecular weight excluding hydrogens is 230 g/mol. The third-order valence-electron chi connectivity index (χ3n) is 3.51. The first kappa shape index (κ1) is 11.8. The van der Waals surface area contributed by atoms with Crippen LogP contribution in [0.5, 0.6) is 0 Å². The number of nitrogens with one attached hydrogen (secondary N) is 1.